The maximum absolute atomic E-state index is 8.71. The summed E-state index contributed by atoms with van der Waals surface area (Å²) < 4.78 is 0. The Bertz CT molecular complexity index is 551. The third-order valence-electron chi connectivity index (χ3n) is 1.87. The molecule has 5 heteroatoms. The molecule has 0 saturated carbocycles. The summed E-state index contributed by atoms with van der Waals surface area (Å²) in [5.74, 6) is 0.243. The van der Waals surface area contributed by atoms with Gasteiger partial charge in [-0.25, -0.2) is 4.99 Å². The summed E-state index contributed by atoms with van der Waals surface area (Å²) in [4.78, 5) is 8.53. The van der Waals surface area contributed by atoms with Crippen molar-refractivity contribution < 1.29 is 0 Å². The zero-order valence-corrected chi connectivity index (χ0v) is 9.11. The first-order chi connectivity index (χ1) is 7.79. The molecule has 0 fully saturated rings. The molecule has 1 heterocycles. The second kappa shape index (κ2) is 4.55. The summed E-state index contributed by atoms with van der Waals surface area (Å²) >= 11 is 1.18. The van der Waals surface area contributed by atoms with Crippen molar-refractivity contribution in [1.29, 1.82) is 5.26 Å². The number of aliphatic imine (C=N–C) groups is 1. The van der Waals surface area contributed by atoms with Gasteiger partial charge in [0.1, 0.15) is 6.07 Å². The Morgan fingerprint density at radius 2 is 2.12 bits per heavy atom. The number of nitriles is 1. The minimum atomic E-state index is 0.243. The van der Waals surface area contributed by atoms with E-state index in [1.54, 1.807) is 6.21 Å². The van der Waals surface area contributed by atoms with E-state index >= 15 is 0 Å². The zero-order valence-electron chi connectivity index (χ0n) is 8.29. The molecule has 0 radical (unpaired) electrons. The Balaban J connectivity index is 2.22. The minimum Gasteiger partial charge on any atom is -0.382 e. The first kappa shape index (κ1) is 10.3. The Hall–Kier alpha value is -2.19. The number of anilines is 1. The molecule has 0 bridgehead atoms. The van der Waals surface area contributed by atoms with E-state index in [4.69, 9.17) is 11.0 Å². The van der Waals surface area contributed by atoms with Crippen molar-refractivity contribution in [2.75, 3.05) is 5.73 Å². The number of rotatable bonds is 2. The summed E-state index contributed by atoms with van der Waals surface area (Å²) in [6.07, 6.45) is 1.69. The molecule has 2 aromatic rings. The summed E-state index contributed by atoms with van der Waals surface area (Å²) in [5.41, 5.74) is 6.51. The lowest BCUT2D eigenvalue weighted by molar-refractivity contribution is 1.36. The summed E-state index contributed by atoms with van der Waals surface area (Å²) in [6.45, 7) is 0. The van der Waals surface area contributed by atoms with Crippen LogP contribution < -0.4 is 5.73 Å². The lowest BCUT2D eigenvalue weighted by atomic mass is 10.2. The molecule has 4 nitrogen and oxygen atoms in total. The van der Waals surface area contributed by atoms with Crippen LogP contribution >= 0.6 is 11.3 Å². The van der Waals surface area contributed by atoms with Crippen LogP contribution in [0.15, 0.2) is 35.3 Å². The molecule has 1 aromatic heterocycles. The Labute approximate surface area is 96.7 Å². The van der Waals surface area contributed by atoms with Gasteiger partial charge in [-0.15, -0.1) is 0 Å². The molecular weight excluding hydrogens is 220 g/mol. The van der Waals surface area contributed by atoms with Crippen molar-refractivity contribution in [1.82, 2.24) is 4.98 Å². The van der Waals surface area contributed by atoms with E-state index < -0.39 is 0 Å². The molecule has 2 rings (SSSR count). The maximum Gasteiger partial charge on any atom is 0.212 e. The van der Waals surface area contributed by atoms with Crippen molar-refractivity contribution >= 4 is 28.5 Å². The standard InChI is InChI=1S/C11H8N4S/c12-6-9-10(13)15-11(16-9)14-7-8-4-2-1-3-5-8/h1-5,7H,13H2. The molecule has 1 aromatic carbocycles. The van der Waals surface area contributed by atoms with Crippen LogP contribution in [0.4, 0.5) is 10.9 Å². The zero-order chi connectivity index (χ0) is 11.4. The molecular formula is C11H8N4S. The molecule has 0 unspecified atom stereocenters. The summed E-state index contributed by atoms with van der Waals surface area (Å²) in [7, 11) is 0. The third-order valence-corrected chi connectivity index (χ3v) is 2.75. The second-order valence-electron chi connectivity index (χ2n) is 2.99. The van der Waals surface area contributed by atoms with Gasteiger partial charge in [0.2, 0.25) is 5.13 Å². The number of hydrogen-bond donors (Lipinski definition) is 1. The number of thiazole rings is 1. The van der Waals surface area contributed by atoms with Crippen molar-refractivity contribution in [3.8, 4) is 6.07 Å². The smallest absolute Gasteiger partial charge is 0.212 e. The van der Waals surface area contributed by atoms with Crippen LogP contribution in [-0.4, -0.2) is 11.2 Å². The lowest BCUT2D eigenvalue weighted by Gasteiger charge is -1.88. The van der Waals surface area contributed by atoms with Gasteiger partial charge in [0.15, 0.2) is 10.7 Å². The van der Waals surface area contributed by atoms with Crippen molar-refractivity contribution in [3.05, 3.63) is 40.8 Å². The van der Waals surface area contributed by atoms with Gasteiger partial charge in [0.05, 0.1) is 0 Å². The maximum atomic E-state index is 8.71. The molecule has 2 N–H and O–H groups in total. The van der Waals surface area contributed by atoms with Crippen LogP contribution in [0.5, 0.6) is 0 Å². The van der Waals surface area contributed by atoms with Gasteiger partial charge in [-0.2, -0.15) is 10.2 Å². The van der Waals surface area contributed by atoms with Crippen molar-refractivity contribution in [2.45, 2.75) is 0 Å². The number of nitrogen functional groups attached to an aromatic ring is 1. The number of nitrogens with two attached hydrogens (primary N) is 1. The van der Waals surface area contributed by atoms with Gasteiger partial charge < -0.3 is 5.73 Å². The molecule has 0 amide bonds. The highest BCUT2D eigenvalue weighted by atomic mass is 32.1. The van der Waals surface area contributed by atoms with E-state index in [2.05, 4.69) is 9.98 Å². The fourth-order valence-corrected chi connectivity index (χ4v) is 1.75. The SMILES string of the molecule is N#Cc1sc(N=Cc2ccccc2)nc1N. The first-order valence-corrected chi connectivity index (χ1v) is 5.37. The van der Waals surface area contributed by atoms with Gasteiger partial charge in [0, 0.05) is 6.21 Å². The Kier molecular flexibility index (Phi) is 2.94. The molecule has 78 valence electrons. The van der Waals surface area contributed by atoms with E-state index in [1.165, 1.54) is 11.3 Å². The molecule has 0 atom stereocenters. The molecule has 0 aliphatic heterocycles. The van der Waals surface area contributed by atoms with Gasteiger partial charge >= 0.3 is 0 Å². The van der Waals surface area contributed by atoms with E-state index in [1.807, 2.05) is 36.4 Å². The summed E-state index contributed by atoms with van der Waals surface area (Å²) in [6, 6.07) is 11.6. The van der Waals surface area contributed by atoms with Gasteiger partial charge in [0.25, 0.3) is 0 Å². The normalized spacial score (nSPS) is 10.4. The first-order valence-electron chi connectivity index (χ1n) is 4.55. The fourth-order valence-electron chi connectivity index (χ4n) is 1.12. The highest BCUT2D eigenvalue weighted by molar-refractivity contribution is 7.16. The minimum absolute atomic E-state index is 0.243. The van der Waals surface area contributed by atoms with Crippen LogP contribution in [-0.2, 0) is 0 Å². The Morgan fingerprint density at radius 1 is 1.38 bits per heavy atom. The monoisotopic (exact) mass is 228 g/mol. The second-order valence-corrected chi connectivity index (χ2v) is 3.97. The average molecular weight is 228 g/mol. The number of benzene rings is 1. The average Bonchev–Trinajstić information content (AvgIpc) is 2.69. The molecule has 16 heavy (non-hydrogen) atoms. The summed E-state index contributed by atoms with van der Waals surface area (Å²) in [5, 5.41) is 9.20. The predicted octanol–water partition coefficient (Wildman–Crippen LogP) is 2.35. The largest absolute Gasteiger partial charge is 0.382 e. The van der Waals surface area contributed by atoms with Gasteiger partial charge in [-0.3, -0.25) is 0 Å². The van der Waals surface area contributed by atoms with Crippen LogP contribution in [0, 0.1) is 11.3 Å². The highest BCUT2D eigenvalue weighted by Gasteiger charge is 2.05. The molecule has 0 aliphatic carbocycles. The highest BCUT2D eigenvalue weighted by Crippen LogP contribution is 2.25. The molecule has 0 saturated heterocycles. The van der Waals surface area contributed by atoms with E-state index in [0.717, 1.165) is 5.56 Å². The number of nitrogens with zero attached hydrogens (tertiary/aromatic N) is 3. The third kappa shape index (κ3) is 2.24. The fraction of sp³-hybridized carbons (Fsp3) is 0. The van der Waals surface area contributed by atoms with Crippen molar-refractivity contribution in [2.24, 2.45) is 4.99 Å². The quantitative estimate of drug-likeness (QED) is 0.801. The van der Waals surface area contributed by atoms with Gasteiger partial charge in [-0.1, -0.05) is 41.7 Å². The molecule has 0 aliphatic rings. The van der Waals surface area contributed by atoms with Crippen LogP contribution in [0.1, 0.15) is 10.4 Å². The van der Waals surface area contributed by atoms with Crippen LogP contribution in [0.3, 0.4) is 0 Å². The van der Waals surface area contributed by atoms with Crippen molar-refractivity contribution in [3.63, 3.8) is 0 Å². The van der Waals surface area contributed by atoms with Gasteiger partial charge in [-0.05, 0) is 5.56 Å². The van der Waals surface area contributed by atoms with E-state index in [-0.39, 0.29) is 5.82 Å². The van der Waals surface area contributed by atoms with Crippen LogP contribution in [0.25, 0.3) is 0 Å². The van der Waals surface area contributed by atoms with Crippen LogP contribution in [0.2, 0.25) is 0 Å². The van der Waals surface area contributed by atoms with E-state index in [9.17, 15) is 0 Å². The molecule has 0 spiro atoms. The number of hydrogen-bond acceptors (Lipinski definition) is 5. The predicted molar refractivity (Wildman–Crippen MR) is 64.9 cm³/mol. The topological polar surface area (TPSA) is 75.1 Å². The lowest BCUT2D eigenvalue weighted by Crippen LogP contribution is -1.85. The van der Waals surface area contributed by atoms with E-state index in [0.29, 0.717) is 10.0 Å². The number of aromatic nitrogens is 1. The Morgan fingerprint density at radius 3 is 2.75 bits per heavy atom.